The Hall–Kier alpha value is -3.70. The van der Waals surface area contributed by atoms with Crippen LogP contribution in [0.15, 0.2) is 24.7 Å². The second-order valence-corrected chi connectivity index (χ2v) is 10.5. The summed E-state index contributed by atoms with van der Waals surface area (Å²) in [6, 6.07) is 2.09. The third-order valence-corrected chi connectivity index (χ3v) is 8.09. The van der Waals surface area contributed by atoms with Gasteiger partial charge in [-0.2, -0.15) is 0 Å². The van der Waals surface area contributed by atoms with Gasteiger partial charge in [0.1, 0.15) is 23.5 Å². The number of carbonyl (C=O) groups is 1. The Kier molecular flexibility index (Phi) is 6.50. The monoisotopic (exact) mass is 498 g/mol. The lowest BCUT2D eigenvalue weighted by Crippen LogP contribution is -2.46. The molecule has 1 fully saturated rings. The molecular formula is C29H34N6O2. The van der Waals surface area contributed by atoms with Crippen molar-refractivity contribution in [1.82, 2.24) is 24.4 Å². The van der Waals surface area contributed by atoms with Crippen molar-refractivity contribution < 1.29 is 9.53 Å². The quantitative estimate of drug-likeness (QED) is 0.532. The summed E-state index contributed by atoms with van der Waals surface area (Å²) >= 11 is 0. The number of hydrogen-bond donors (Lipinski definition) is 1. The number of carbonyl (C=O) groups excluding carboxylic acids is 1. The van der Waals surface area contributed by atoms with Gasteiger partial charge in [0.25, 0.3) is 0 Å². The Bertz CT molecular complexity index is 1450. The van der Waals surface area contributed by atoms with Crippen molar-refractivity contribution >= 4 is 28.3 Å². The molecule has 37 heavy (non-hydrogen) atoms. The van der Waals surface area contributed by atoms with E-state index in [-0.39, 0.29) is 11.9 Å². The number of anilines is 1. The van der Waals surface area contributed by atoms with Crippen molar-refractivity contribution in [3.8, 4) is 23.6 Å². The molecule has 8 heteroatoms. The Morgan fingerprint density at radius 1 is 1.35 bits per heavy atom. The van der Waals surface area contributed by atoms with E-state index in [9.17, 15) is 4.79 Å². The van der Waals surface area contributed by atoms with Crippen LogP contribution in [0.25, 0.3) is 27.9 Å². The number of aryl methyl sites for hydroxylation is 2. The molecule has 8 nitrogen and oxygen atoms in total. The molecule has 0 aromatic carbocycles. The number of aromatic nitrogens is 4. The number of terminal acetylenes is 1. The number of allylic oxidation sites excluding steroid dienone is 2. The lowest BCUT2D eigenvalue weighted by Gasteiger charge is -2.37. The van der Waals surface area contributed by atoms with E-state index in [1.54, 1.807) is 7.11 Å². The fourth-order valence-electron chi connectivity index (χ4n) is 5.99. The summed E-state index contributed by atoms with van der Waals surface area (Å²) in [7, 11) is 3.69. The molecule has 3 aromatic rings. The summed E-state index contributed by atoms with van der Waals surface area (Å²) in [6.07, 6.45) is 15.3. The van der Waals surface area contributed by atoms with E-state index in [1.165, 1.54) is 6.33 Å². The summed E-state index contributed by atoms with van der Waals surface area (Å²) in [5.74, 6) is 3.28. The number of nitrogens with two attached hydrogens (primary N) is 1. The summed E-state index contributed by atoms with van der Waals surface area (Å²) in [5, 5.41) is 0.835. The second kappa shape index (κ2) is 9.64. The summed E-state index contributed by atoms with van der Waals surface area (Å²) in [5.41, 5.74) is 12.5. The third-order valence-electron chi connectivity index (χ3n) is 8.09. The maximum absolute atomic E-state index is 13.7. The van der Waals surface area contributed by atoms with Gasteiger partial charge in [-0.1, -0.05) is 18.9 Å². The molecule has 4 heterocycles. The predicted molar refractivity (Wildman–Crippen MR) is 145 cm³/mol. The number of methoxy groups -OCH3 is 1. The van der Waals surface area contributed by atoms with Crippen molar-refractivity contribution in [3.05, 3.63) is 41.5 Å². The van der Waals surface area contributed by atoms with Crippen molar-refractivity contribution in [2.24, 2.45) is 12.5 Å². The average Bonchev–Trinajstić information content (AvgIpc) is 3.47. The van der Waals surface area contributed by atoms with E-state index >= 15 is 0 Å². The molecule has 0 spiro atoms. The first kappa shape index (κ1) is 25.0. The zero-order valence-corrected chi connectivity index (χ0v) is 22.0. The summed E-state index contributed by atoms with van der Waals surface area (Å²) in [6.45, 7) is 5.53. The topological polar surface area (TPSA) is 99.2 Å². The number of fused-ring (bicyclic) bond motifs is 1. The molecule has 1 aliphatic carbocycles. The number of hydrogen-bond acceptors (Lipinski definition) is 6. The van der Waals surface area contributed by atoms with Gasteiger partial charge in [0.15, 0.2) is 0 Å². The minimum atomic E-state index is -0.446. The fraction of sp³-hybridized carbons (Fsp3) is 0.448. The highest BCUT2D eigenvalue weighted by molar-refractivity contribution is 6.04. The summed E-state index contributed by atoms with van der Waals surface area (Å²) in [4.78, 5) is 29.1. The van der Waals surface area contributed by atoms with Gasteiger partial charge in [0.2, 0.25) is 5.91 Å². The maximum atomic E-state index is 13.7. The minimum Gasteiger partial charge on any atom is -0.383 e. The van der Waals surface area contributed by atoms with Gasteiger partial charge >= 0.3 is 0 Å². The summed E-state index contributed by atoms with van der Waals surface area (Å²) < 4.78 is 7.44. The molecule has 3 aromatic heterocycles. The van der Waals surface area contributed by atoms with Crippen LogP contribution in [0.2, 0.25) is 0 Å². The van der Waals surface area contributed by atoms with Crippen molar-refractivity contribution in [2.45, 2.75) is 52.0 Å². The number of nitrogen functional groups attached to an aromatic ring is 1. The second-order valence-electron chi connectivity index (χ2n) is 10.5. The number of rotatable bonds is 5. The average molecular weight is 499 g/mol. The van der Waals surface area contributed by atoms with Crippen LogP contribution >= 0.6 is 0 Å². The molecule has 1 amide bonds. The largest absolute Gasteiger partial charge is 0.383 e. The standard InChI is InChI=1S/C29H34N6O2/c1-6-20-14-18(2)22(15-31-20)25-23(24-26(30)32-17-33-27(24)34(25)4)19-9-11-29(3,12-10-19)28(36)35-13-7-8-21(35)16-37-5/h1,9,14-15,17,21H,7-8,10-13,16H2,2-5H3,(H2,30,32,33)/t21-,29-/m0/s1. The van der Waals surface area contributed by atoms with Gasteiger partial charge in [-0.15, -0.1) is 6.42 Å². The van der Waals surface area contributed by atoms with Crippen LogP contribution < -0.4 is 5.73 Å². The normalized spacial score (nSPS) is 21.8. The molecular weight excluding hydrogens is 464 g/mol. The first-order chi connectivity index (χ1) is 17.8. The zero-order chi connectivity index (χ0) is 26.3. The van der Waals surface area contributed by atoms with E-state index in [0.29, 0.717) is 24.5 Å². The SMILES string of the molecule is C#Cc1cc(C)c(-c2c(C3=CC[C@](C)(C(=O)N4CCC[C@H]4COC)CC3)c3c(N)ncnc3n2C)cn1. The van der Waals surface area contributed by atoms with E-state index < -0.39 is 5.41 Å². The Morgan fingerprint density at radius 3 is 2.84 bits per heavy atom. The molecule has 1 saturated heterocycles. The molecule has 0 saturated carbocycles. The van der Waals surface area contributed by atoms with Crippen LogP contribution in [0.1, 0.15) is 55.8 Å². The predicted octanol–water partition coefficient (Wildman–Crippen LogP) is 4.11. The van der Waals surface area contributed by atoms with Crippen LogP contribution in [0.4, 0.5) is 5.82 Å². The Morgan fingerprint density at radius 2 is 2.16 bits per heavy atom. The highest BCUT2D eigenvalue weighted by Crippen LogP contribution is 2.46. The van der Waals surface area contributed by atoms with Crippen LogP contribution in [-0.2, 0) is 16.6 Å². The van der Waals surface area contributed by atoms with E-state index in [2.05, 4.69) is 38.4 Å². The van der Waals surface area contributed by atoms with Crippen molar-refractivity contribution in [2.75, 3.05) is 26.0 Å². The van der Waals surface area contributed by atoms with Gasteiger partial charge in [0.05, 0.1) is 29.1 Å². The van der Waals surface area contributed by atoms with Crippen LogP contribution in [0.3, 0.4) is 0 Å². The van der Waals surface area contributed by atoms with E-state index in [1.807, 2.05) is 31.1 Å². The number of likely N-dealkylation sites (tertiary alicyclic amines) is 1. The first-order valence-corrected chi connectivity index (χ1v) is 12.8. The van der Waals surface area contributed by atoms with Crippen LogP contribution in [0, 0.1) is 24.7 Å². The molecule has 5 rings (SSSR count). The van der Waals surface area contributed by atoms with Crippen molar-refractivity contribution in [3.63, 3.8) is 0 Å². The fourth-order valence-corrected chi connectivity index (χ4v) is 5.99. The molecule has 192 valence electrons. The highest BCUT2D eigenvalue weighted by atomic mass is 16.5. The van der Waals surface area contributed by atoms with Gasteiger partial charge in [-0.3, -0.25) is 4.79 Å². The van der Waals surface area contributed by atoms with Crippen molar-refractivity contribution in [1.29, 1.82) is 0 Å². The molecule has 1 aliphatic heterocycles. The van der Waals surface area contributed by atoms with Gasteiger partial charge in [-0.25, -0.2) is 15.0 Å². The molecule has 0 unspecified atom stereocenters. The zero-order valence-electron chi connectivity index (χ0n) is 22.0. The van der Waals surface area contributed by atoms with Gasteiger partial charge < -0.3 is 19.9 Å². The lowest BCUT2D eigenvalue weighted by atomic mass is 9.73. The molecule has 2 N–H and O–H groups in total. The Balaban J connectivity index is 1.58. The van der Waals surface area contributed by atoms with Gasteiger partial charge in [-0.05, 0) is 56.2 Å². The Labute approximate surface area is 217 Å². The first-order valence-electron chi connectivity index (χ1n) is 12.8. The number of ether oxygens (including phenoxy) is 1. The van der Waals surface area contributed by atoms with E-state index in [0.717, 1.165) is 71.2 Å². The number of amides is 1. The molecule has 2 aliphatic rings. The molecule has 2 atom stereocenters. The number of pyridine rings is 1. The third kappa shape index (κ3) is 4.17. The van der Waals surface area contributed by atoms with Crippen LogP contribution in [-0.4, -0.2) is 56.6 Å². The number of nitrogens with zero attached hydrogens (tertiary/aromatic N) is 5. The minimum absolute atomic E-state index is 0.169. The maximum Gasteiger partial charge on any atom is 0.229 e. The molecule has 0 bridgehead atoms. The highest BCUT2D eigenvalue weighted by Gasteiger charge is 2.42. The smallest absolute Gasteiger partial charge is 0.229 e. The van der Waals surface area contributed by atoms with E-state index in [4.69, 9.17) is 16.9 Å². The lowest BCUT2D eigenvalue weighted by molar-refractivity contribution is -0.143. The van der Waals surface area contributed by atoms with Crippen LogP contribution in [0.5, 0.6) is 0 Å². The molecule has 0 radical (unpaired) electrons. The van der Waals surface area contributed by atoms with Gasteiger partial charge in [0, 0.05) is 38.0 Å².